The maximum absolute atomic E-state index is 13.4. The highest BCUT2D eigenvalue weighted by atomic mass is 79.9. The van der Waals surface area contributed by atoms with Crippen molar-refractivity contribution in [1.82, 2.24) is 9.66 Å². The van der Waals surface area contributed by atoms with Gasteiger partial charge in [-0.3, -0.25) is 4.79 Å². The minimum atomic E-state index is -0.383. The number of halogens is 3. The lowest BCUT2D eigenvalue weighted by Gasteiger charge is -2.21. The summed E-state index contributed by atoms with van der Waals surface area (Å²) in [6.45, 7) is 8.55. The molecule has 0 aliphatic heterocycles. The zero-order chi connectivity index (χ0) is 25.3. The molecule has 0 bridgehead atoms. The minimum Gasteiger partial charge on any atom is -0.487 e. The highest BCUT2D eigenvalue weighted by Gasteiger charge is 2.23. The number of aromatic nitrogens is 2. The van der Waals surface area contributed by atoms with Gasteiger partial charge in [-0.2, -0.15) is 9.78 Å². The lowest BCUT2D eigenvalue weighted by atomic mass is 9.95. The van der Waals surface area contributed by atoms with Crippen molar-refractivity contribution in [3.05, 3.63) is 101 Å². The molecule has 0 spiro atoms. The molecule has 35 heavy (non-hydrogen) atoms. The second-order valence-electron chi connectivity index (χ2n) is 9.30. The van der Waals surface area contributed by atoms with E-state index < -0.39 is 0 Å². The number of fused-ring (bicyclic) bond motifs is 1. The van der Waals surface area contributed by atoms with Crippen LogP contribution in [0.3, 0.4) is 0 Å². The zero-order valence-electron chi connectivity index (χ0n) is 19.8. The van der Waals surface area contributed by atoms with E-state index in [1.807, 2.05) is 57.2 Å². The average Bonchev–Trinajstić information content (AvgIpc) is 2.77. The minimum absolute atomic E-state index is 0.214. The Kier molecular flexibility index (Phi) is 7.64. The van der Waals surface area contributed by atoms with Gasteiger partial charge in [-0.1, -0.05) is 66.5 Å². The second kappa shape index (κ2) is 10.4. The van der Waals surface area contributed by atoms with Crippen molar-refractivity contribution in [2.75, 3.05) is 0 Å². The summed E-state index contributed by atoms with van der Waals surface area (Å²) in [5.74, 6) is 1.29. The number of benzene rings is 3. The first kappa shape index (κ1) is 25.8. The van der Waals surface area contributed by atoms with Crippen molar-refractivity contribution in [3.8, 4) is 5.75 Å². The van der Waals surface area contributed by atoms with Crippen LogP contribution in [0.4, 0.5) is 0 Å². The van der Waals surface area contributed by atoms with E-state index in [0.29, 0.717) is 29.1 Å². The number of aryl methyl sites for hydroxylation is 1. The van der Waals surface area contributed by atoms with E-state index in [1.165, 1.54) is 10.2 Å². The molecule has 0 atom stereocenters. The average molecular weight is 662 g/mol. The third-order valence-electron chi connectivity index (χ3n) is 5.29. The molecule has 1 heterocycles. The Morgan fingerprint density at radius 3 is 2.40 bits per heavy atom. The van der Waals surface area contributed by atoms with Crippen LogP contribution in [0.1, 0.15) is 43.3 Å². The van der Waals surface area contributed by atoms with Crippen LogP contribution in [-0.2, 0) is 12.0 Å². The molecule has 3 aromatic carbocycles. The SMILES string of the molecule is Cc1cccc(COc2c(Br)cc(C=Nn3c(C(C)(C)C)nc4ccc(Br)cc4c3=O)cc2Br)c1. The molecular formula is C27H24Br3N3O2. The molecule has 0 aliphatic rings. The Hall–Kier alpha value is -2.29. The summed E-state index contributed by atoms with van der Waals surface area (Å²) in [6.07, 6.45) is 1.65. The predicted octanol–water partition coefficient (Wildman–Crippen LogP) is 7.75. The Morgan fingerprint density at radius 2 is 1.74 bits per heavy atom. The molecule has 0 amide bonds. The van der Waals surface area contributed by atoms with E-state index in [9.17, 15) is 4.79 Å². The van der Waals surface area contributed by atoms with E-state index in [1.54, 1.807) is 12.3 Å². The van der Waals surface area contributed by atoms with Crippen LogP contribution in [0.15, 0.2) is 77.9 Å². The monoisotopic (exact) mass is 659 g/mol. The van der Waals surface area contributed by atoms with Gasteiger partial charge in [0.25, 0.3) is 5.56 Å². The fourth-order valence-corrected chi connectivity index (χ4v) is 5.43. The van der Waals surface area contributed by atoms with Crippen LogP contribution in [0.5, 0.6) is 5.75 Å². The number of hydrogen-bond acceptors (Lipinski definition) is 4. The molecule has 0 aliphatic carbocycles. The van der Waals surface area contributed by atoms with Crippen molar-refractivity contribution in [2.45, 2.75) is 39.7 Å². The summed E-state index contributed by atoms with van der Waals surface area (Å²) in [6, 6.07) is 17.5. The number of hydrogen-bond donors (Lipinski definition) is 0. The van der Waals surface area contributed by atoms with Crippen molar-refractivity contribution < 1.29 is 4.74 Å². The summed E-state index contributed by atoms with van der Waals surface area (Å²) < 4.78 is 9.83. The summed E-state index contributed by atoms with van der Waals surface area (Å²) >= 11 is 10.7. The highest BCUT2D eigenvalue weighted by molar-refractivity contribution is 9.11. The molecule has 0 unspecified atom stereocenters. The number of rotatable bonds is 5. The van der Waals surface area contributed by atoms with Crippen LogP contribution in [-0.4, -0.2) is 15.9 Å². The number of ether oxygens (including phenoxy) is 1. The summed E-state index contributed by atoms with van der Waals surface area (Å²) in [4.78, 5) is 18.1. The summed E-state index contributed by atoms with van der Waals surface area (Å²) in [5.41, 5.74) is 3.14. The first-order valence-corrected chi connectivity index (χ1v) is 13.4. The molecule has 0 saturated heterocycles. The quantitative estimate of drug-likeness (QED) is 0.206. The van der Waals surface area contributed by atoms with E-state index in [4.69, 9.17) is 9.72 Å². The van der Waals surface area contributed by atoms with Gasteiger partial charge in [-0.05, 0) is 80.2 Å². The molecule has 4 rings (SSSR count). The van der Waals surface area contributed by atoms with Gasteiger partial charge in [-0.15, -0.1) is 0 Å². The molecule has 5 nitrogen and oxygen atoms in total. The van der Waals surface area contributed by atoms with Gasteiger partial charge in [0, 0.05) is 9.89 Å². The number of nitrogens with zero attached hydrogens (tertiary/aromatic N) is 3. The topological polar surface area (TPSA) is 56.5 Å². The van der Waals surface area contributed by atoms with Gasteiger partial charge in [0.15, 0.2) is 0 Å². The van der Waals surface area contributed by atoms with Gasteiger partial charge in [0.05, 0.1) is 26.1 Å². The third kappa shape index (κ3) is 5.93. The van der Waals surface area contributed by atoms with Crippen LogP contribution < -0.4 is 10.3 Å². The standard InChI is InChI=1S/C27H24Br3N3O2/c1-16-6-5-7-17(10-16)15-35-24-21(29)11-18(12-22(24)30)14-31-33-25(34)20-13-19(28)8-9-23(20)32-26(33)27(2,3)4/h5-14H,15H2,1-4H3. The molecule has 180 valence electrons. The van der Waals surface area contributed by atoms with Gasteiger partial charge < -0.3 is 4.74 Å². The van der Waals surface area contributed by atoms with Crippen molar-refractivity contribution >= 4 is 64.9 Å². The fourth-order valence-electron chi connectivity index (χ4n) is 3.62. The molecule has 4 aromatic rings. The maximum atomic E-state index is 13.4. The van der Waals surface area contributed by atoms with Gasteiger partial charge in [0.2, 0.25) is 0 Å². The Morgan fingerprint density at radius 1 is 1.03 bits per heavy atom. The zero-order valence-corrected chi connectivity index (χ0v) is 24.5. The van der Waals surface area contributed by atoms with Gasteiger partial charge >= 0.3 is 0 Å². The molecule has 1 aromatic heterocycles. The second-order valence-corrected chi connectivity index (χ2v) is 11.9. The van der Waals surface area contributed by atoms with E-state index in [2.05, 4.69) is 71.9 Å². The lowest BCUT2D eigenvalue weighted by Crippen LogP contribution is -2.29. The fraction of sp³-hybridized carbons (Fsp3) is 0.222. The molecule has 0 radical (unpaired) electrons. The first-order valence-electron chi connectivity index (χ1n) is 11.0. The highest BCUT2D eigenvalue weighted by Crippen LogP contribution is 2.35. The lowest BCUT2D eigenvalue weighted by molar-refractivity contribution is 0.302. The van der Waals surface area contributed by atoms with Crippen LogP contribution >= 0.6 is 47.8 Å². The van der Waals surface area contributed by atoms with Crippen molar-refractivity contribution in [2.24, 2.45) is 5.10 Å². The van der Waals surface area contributed by atoms with Crippen LogP contribution in [0.2, 0.25) is 0 Å². The maximum Gasteiger partial charge on any atom is 0.282 e. The van der Waals surface area contributed by atoms with E-state index >= 15 is 0 Å². The first-order chi connectivity index (χ1) is 16.5. The van der Waals surface area contributed by atoms with E-state index in [0.717, 1.165) is 24.5 Å². The van der Waals surface area contributed by atoms with Crippen LogP contribution in [0, 0.1) is 6.92 Å². The van der Waals surface area contributed by atoms with Crippen molar-refractivity contribution in [1.29, 1.82) is 0 Å². The normalized spacial score (nSPS) is 12.0. The molecule has 8 heteroatoms. The van der Waals surface area contributed by atoms with Gasteiger partial charge in [0.1, 0.15) is 18.2 Å². The molecular weight excluding hydrogens is 638 g/mol. The molecule has 0 saturated carbocycles. The van der Waals surface area contributed by atoms with Crippen LogP contribution in [0.25, 0.3) is 10.9 Å². The van der Waals surface area contributed by atoms with Gasteiger partial charge in [-0.25, -0.2) is 4.98 Å². The third-order valence-corrected chi connectivity index (χ3v) is 6.96. The Balaban J connectivity index is 1.68. The molecule has 0 fully saturated rings. The van der Waals surface area contributed by atoms with Crippen molar-refractivity contribution in [3.63, 3.8) is 0 Å². The Labute approximate surface area is 229 Å². The summed E-state index contributed by atoms with van der Waals surface area (Å²) in [7, 11) is 0. The molecule has 0 N–H and O–H groups in total. The summed E-state index contributed by atoms with van der Waals surface area (Å²) in [5, 5.41) is 5.06. The predicted molar refractivity (Wildman–Crippen MR) is 153 cm³/mol. The largest absolute Gasteiger partial charge is 0.487 e. The van der Waals surface area contributed by atoms with E-state index in [-0.39, 0.29) is 11.0 Å². The smallest absolute Gasteiger partial charge is 0.282 e. The Bertz CT molecular complexity index is 1480.